The van der Waals surface area contributed by atoms with E-state index in [4.69, 9.17) is 0 Å². The Hall–Kier alpha value is -1.47. The molecule has 1 aliphatic heterocycles. The van der Waals surface area contributed by atoms with Crippen LogP contribution in [0, 0.1) is 5.82 Å². The van der Waals surface area contributed by atoms with Crippen molar-refractivity contribution in [2.24, 2.45) is 0 Å². The maximum atomic E-state index is 13.0. The Morgan fingerprint density at radius 2 is 2.17 bits per heavy atom. The highest BCUT2D eigenvalue weighted by molar-refractivity contribution is 7.89. The van der Waals surface area contributed by atoms with Gasteiger partial charge in [-0.1, -0.05) is 6.07 Å². The minimum Gasteiger partial charge on any atom is -0.355 e. The van der Waals surface area contributed by atoms with Crippen LogP contribution in [0.3, 0.4) is 0 Å². The molecule has 0 aliphatic carbocycles. The molecule has 1 atom stereocenters. The van der Waals surface area contributed by atoms with Crippen LogP contribution >= 0.6 is 0 Å². The molecule has 0 radical (unpaired) electrons. The van der Waals surface area contributed by atoms with Crippen molar-refractivity contribution in [3.8, 4) is 0 Å². The van der Waals surface area contributed by atoms with Gasteiger partial charge in [0.1, 0.15) is 11.9 Å². The number of hydrogen-bond acceptors (Lipinski definition) is 3. The minimum atomic E-state index is -3.87. The fourth-order valence-corrected chi connectivity index (χ4v) is 3.03. The smallest absolute Gasteiger partial charge is 0.241 e. The highest BCUT2D eigenvalue weighted by atomic mass is 32.2. The van der Waals surface area contributed by atoms with E-state index in [9.17, 15) is 17.6 Å². The number of halogens is 1. The second kappa shape index (κ2) is 5.03. The first-order valence-corrected chi connectivity index (χ1v) is 7.03. The van der Waals surface area contributed by atoms with Crippen molar-refractivity contribution in [2.45, 2.75) is 23.8 Å². The van der Waals surface area contributed by atoms with Crippen LogP contribution in [-0.4, -0.2) is 26.9 Å². The molecule has 0 bridgehead atoms. The number of amides is 1. The van der Waals surface area contributed by atoms with E-state index in [2.05, 4.69) is 10.0 Å². The summed E-state index contributed by atoms with van der Waals surface area (Å²) in [5.41, 5.74) is 0. The summed E-state index contributed by atoms with van der Waals surface area (Å²) in [6.07, 6.45) is 1.16. The molecule has 0 aromatic heterocycles. The molecule has 1 saturated heterocycles. The van der Waals surface area contributed by atoms with Crippen LogP contribution in [0.15, 0.2) is 29.2 Å². The van der Waals surface area contributed by atoms with E-state index >= 15 is 0 Å². The average Bonchev–Trinajstić information content (AvgIpc) is 2.32. The molecule has 5 nitrogen and oxygen atoms in total. The number of rotatable bonds is 3. The van der Waals surface area contributed by atoms with Crippen molar-refractivity contribution in [1.82, 2.24) is 10.0 Å². The topological polar surface area (TPSA) is 75.3 Å². The summed E-state index contributed by atoms with van der Waals surface area (Å²) in [4.78, 5) is 11.3. The molecule has 0 saturated carbocycles. The number of carbonyl (C=O) groups is 1. The zero-order valence-electron chi connectivity index (χ0n) is 9.52. The van der Waals surface area contributed by atoms with Gasteiger partial charge in [-0.3, -0.25) is 4.79 Å². The van der Waals surface area contributed by atoms with E-state index in [0.29, 0.717) is 19.4 Å². The van der Waals surface area contributed by atoms with Crippen molar-refractivity contribution in [3.05, 3.63) is 30.1 Å². The molecule has 0 spiro atoms. The molecule has 1 fully saturated rings. The van der Waals surface area contributed by atoms with Gasteiger partial charge in [0.05, 0.1) is 4.90 Å². The summed E-state index contributed by atoms with van der Waals surface area (Å²) < 4.78 is 39.1. The van der Waals surface area contributed by atoms with Crippen LogP contribution in [0.5, 0.6) is 0 Å². The Labute approximate surface area is 104 Å². The van der Waals surface area contributed by atoms with Crippen LogP contribution in [0.2, 0.25) is 0 Å². The first-order valence-electron chi connectivity index (χ1n) is 5.55. The normalized spacial score (nSPS) is 20.5. The van der Waals surface area contributed by atoms with Crippen molar-refractivity contribution >= 4 is 15.9 Å². The number of piperidine rings is 1. The van der Waals surface area contributed by atoms with Gasteiger partial charge >= 0.3 is 0 Å². The molecule has 1 heterocycles. The van der Waals surface area contributed by atoms with Crippen LogP contribution in [0.25, 0.3) is 0 Å². The number of hydrogen-bond donors (Lipinski definition) is 2. The lowest BCUT2D eigenvalue weighted by molar-refractivity contribution is -0.124. The second-order valence-electron chi connectivity index (χ2n) is 4.06. The summed E-state index contributed by atoms with van der Waals surface area (Å²) in [6, 6.07) is 3.89. The van der Waals surface area contributed by atoms with E-state index < -0.39 is 21.9 Å². The fraction of sp³-hybridized carbons (Fsp3) is 0.364. The van der Waals surface area contributed by atoms with Crippen LogP contribution < -0.4 is 10.0 Å². The third-order valence-corrected chi connectivity index (χ3v) is 4.16. The Bertz CT molecular complexity index is 559. The number of sulfonamides is 1. The Morgan fingerprint density at radius 1 is 1.39 bits per heavy atom. The lowest BCUT2D eigenvalue weighted by atomic mass is 10.1. The molecule has 2 N–H and O–H groups in total. The predicted octanol–water partition coefficient (Wildman–Crippen LogP) is 0.383. The molecule has 7 heteroatoms. The lowest BCUT2D eigenvalue weighted by Crippen LogP contribution is -2.50. The Morgan fingerprint density at radius 3 is 2.83 bits per heavy atom. The van der Waals surface area contributed by atoms with Gasteiger partial charge < -0.3 is 5.32 Å². The van der Waals surface area contributed by atoms with Gasteiger partial charge in [0.2, 0.25) is 15.9 Å². The maximum absolute atomic E-state index is 13.0. The van der Waals surface area contributed by atoms with Gasteiger partial charge in [0, 0.05) is 6.54 Å². The number of carbonyl (C=O) groups excluding carboxylic acids is 1. The first-order chi connectivity index (χ1) is 8.49. The summed E-state index contributed by atoms with van der Waals surface area (Å²) in [5.74, 6) is -0.979. The van der Waals surface area contributed by atoms with Crippen molar-refractivity contribution < 1.29 is 17.6 Å². The zero-order valence-corrected chi connectivity index (χ0v) is 10.3. The van der Waals surface area contributed by atoms with Gasteiger partial charge in [0.25, 0.3) is 0 Å². The van der Waals surface area contributed by atoms with Gasteiger partial charge in [0.15, 0.2) is 0 Å². The molecule has 1 aromatic rings. The lowest BCUT2D eigenvalue weighted by Gasteiger charge is -2.22. The molecular formula is C11H13FN2O3S. The number of nitrogens with one attached hydrogen (secondary N) is 2. The van der Waals surface area contributed by atoms with Crippen LogP contribution in [0.4, 0.5) is 4.39 Å². The van der Waals surface area contributed by atoms with Gasteiger partial charge in [-0.15, -0.1) is 0 Å². The molecule has 1 amide bonds. The third kappa shape index (κ3) is 2.85. The van der Waals surface area contributed by atoms with E-state index in [1.54, 1.807) is 0 Å². The third-order valence-electron chi connectivity index (χ3n) is 2.69. The SMILES string of the molecule is O=C1NCCCC1NS(=O)(=O)c1cccc(F)c1. The van der Waals surface area contributed by atoms with Crippen LogP contribution in [-0.2, 0) is 14.8 Å². The zero-order chi connectivity index (χ0) is 13.2. The first kappa shape index (κ1) is 13.0. The molecule has 2 rings (SSSR count). The molecule has 1 unspecified atom stereocenters. The molecule has 1 aliphatic rings. The van der Waals surface area contributed by atoms with E-state index in [0.717, 1.165) is 12.1 Å². The van der Waals surface area contributed by atoms with Crippen LogP contribution in [0.1, 0.15) is 12.8 Å². The van der Waals surface area contributed by atoms with Crippen molar-refractivity contribution in [2.75, 3.05) is 6.54 Å². The monoisotopic (exact) mass is 272 g/mol. The maximum Gasteiger partial charge on any atom is 0.241 e. The van der Waals surface area contributed by atoms with Gasteiger partial charge in [-0.2, -0.15) is 4.72 Å². The van der Waals surface area contributed by atoms with E-state index in [1.807, 2.05) is 0 Å². The Balaban J connectivity index is 2.19. The summed E-state index contributed by atoms with van der Waals surface area (Å²) in [7, 11) is -3.87. The average molecular weight is 272 g/mol. The highest BCUT2D eigenvalue weighted by Gasteiger charge is 2.27. The molecule has 98 valence electrons. The number of benzene rings is 1. The van der Waals surface area contributed by atoms with Crippen molar-refractivity contribution in [3.63, 3.8) is 0 Å². The minimum absolute atomic E-state index is 0.180. The largest absolute Gasteiger partial charge is 0.355 e. The van der Waals surface area contributed by atoms with E-state index in [-0.39, 0.29) is 10.8 Å². The standard InChI is InChI=1S/C11H13FN2O3S/c12-8-3-1-4-9(7-8)18(16,17)14-10-5-2-6-13-11(10)15/h1,3-4,7,10,14H,2,5-6H2,(H,13,15). The summed E-state index contributed by atoms with van der Waals surface area (Å²) in [5, 5.41) is 2.58. The predicted molar refractivity (Wildman–Crippen MR) is 62.8 cm³/mol. The molecular weight excluding hydrogens is 259 g/mol. The van der Waals surface area contributed by atoms with E-state index in [1.165, 1.54) is 12.1 Å². The molecule has 18 heavy (non-hydrogen) atoms. The Kier molecular flexibility index (Phi) is 3.63. The second-order valence-corrected chi connectivity index (χ2v) is 5.78. The van der Waals surface area contributed by atoms with Gasteiger partial charge in [-0.25, -0.2) is 12.8 Å². The quantitative estimate of drug-likeness (QED) is 0.835. The highest BCUT2D eigenvalue weighted by Crippen LogP contribution is 2.13. The summed E-state index contributed by atoms with van der Waals surface area (Å²) >= 11 is 0. The van der Waals surface area contributed by atoms with Gasteiger partial charge in [-0.05, 0) is 31.0 Å². The fourth-order valence-electron chi connectivity index (χ4n) is 1.77. The summed E-state index contributed by atoms with van der Waals surface area (Å²) in [6.45, 7) is 0.553. The molecule has 1 aromatic carbocycles. The van der Waals surface area contributed by atoms with Crippen molar-refractivity contribution in [1.29, 1.82) is 0 Å².